The molecule has 25 heavy (non-hydrogen) atoms. The van der Waals surface area contributed by atoms with Gasteiger partial charge in [-0.2, -0.15) is 0 Å². The van der Waals surface area contributed by atoms with Gasteiger partial charge in [0.15, 0.2) is 23.1 Å². The summed E-state index contributed by atoms with van der Waals surface area (Å²) in [6, 6.07) is 7.77. The number of benzene rings is 2. The van der Waals surface area contributed by atoms with Crippen molar-refractivity contribution < 1.29 is 28.2 Å². The number of fused-ring (bicyclic) bond motifs is 2. The third-order valence-corrected chi connectivity index (χ3v) is 3.92. The highest BCUT2D eigenvalue weighted by Crippen LogP contribution is 2.36. The van der Waals surface area contributed by atoms with E-state index in [1.165, 1.54) is 12.1 Å². The normalized spacial score (nSPS) is 13.0. The zero-order valence-electron chi connectivity index (χ0n) is 12.8. The van der Waals surface area contributed by atoms with Crippen LogP contribution in [-0.2, 0) is 0 Å². The van der Waals surface area contributed by atoms with E-state index in [1.54, 1.807) is 12.1 Å². The zero-order chi connectivity index (χ0) is 17.6. The largest absolute Gasteiger partial charge is 0.486 e. The van der Waals surface area contributed by atoms with Crippen LogP contribution in [0.4, 0.5) is 8.78 Å². The molecule has 126 valence electrons. The average Bonchev–Trinajstić information content (AvgIpc) is 2.61. The fraction of sp³-hybridized carbons (Fsp3) is 0.111. The number of carboxylic acids is 1. The van der Waals surface area contributed by atoms with Gasteiger partial charge in [-0.15, -0.1) is 0 Å². The Bertz CT molecular complexity index is 1020. The summed E-state index contributed by atoms with van der Waals surface area (Å²) in [5.74, 6) is -2.26. The van der Waals surface area contributed by atoms with E-state index in [0.717, 1.165) is 12.1 Å². The second-order valence-corrected chi connectivity index (χ2v) is 5.50. The molecule has 5 nitrogen and oxygen atoms in total. The smallest absolute Gasteiger partial charge is 0.336 e. The lowest BCUT2D eigenvalue weighted by atomic mass is 10.0. The molecule has 0 atom stereocenters. The molecule has 1 N–H and O–H groups in total. The lowest BCUT2D eigenvalue weighted by molar-refractivity contribution is 0.0699. The van der Waals surface area contributed by atoms with Crippen molar-refractivity contribution >= 4 is 16.9 Å². The van der Waals surface area contributed by atoms with Gasteiger partial charge in [-0.25, -0.2) is 18.6 Å². The summed E-state index contributed by atoms with van der Waals surface area (Å²) < 4.78 is 37.6. The first-order valence-electron chi connectivity index (χ1n) is 7.46. The molecule has 0 radical (unpaired) electrons. The van der Waals surface area contributed by atoms with Crippen LogP contribution in [0.5, 0.6) is 11.5 Å². The van der Waals surface area contributed by atoms with Crippen LogP contribution in [0.3, 0.4) is 0 Å². The maximum Gasteiger partial charge on any atom is 0.336 e. The van der Waals surface area contributed by atoms with E-state index in [2.05, 4.69) is 4.98 Å². The fourth-order valence-electron chi connectivity index (χ4n) is 2.74. The molecule has 0 saturated heterocycles. The van der Waals surface area contributed by atoms with Gasteiger partial charge in [-0.3, -0.25) is 0 Å². The van der Waals surface area contributed by atoms with Crippen molar-refractivity contribution in [3.63, 3.8) is 0 Å². The van der Waals surface area contributed by atoms with Gasteiger partial charge in [-0.05, 0) is 30.3 Å². The first-order valence-corrected chi connectivity index (χ1v) is 7.46. The number of carbonyl (C=O) groups is 1. The van der Waals surface area contributed by atoms with Gasteiger partial charge in [0.1, 0.15) is 13.2 Å². The molecule has 0 bridgehead atoms. The molecule has 4 rings (SSSR count). The van der Waals surface area contributed by atoms with E-state index in [0.29, 0.717) is 35.6 Å². The van der Waals surface area contributed by atoms with E-state index >= 15 is 0 Å². The van der Waals surface area contributed by atoms with Gasteiger partial charge < -0.3 is 14.6 Å². The third kappa shape index (κ3) is 2.63. The van der Waals surface area contributed by atoms with Gasteiger partial charge in [0.2, 0.25) is 0 Å². The Morgan fingerprint density at radius 2 is 1.72 bits per heavy atom. The summed E-state index contributed by atoms with van der Waals surface area (Å²) in [6.07, 6.45) is 0. The molecule has 0 saturated carbocycles. The number of aromatic nitrogens is 1. The molecule has 1 aliphatic rings. The number of pyridine rings is 1. The Kier molecular flexibility index (Phi) is 3.49. The summed E-state index contributed by atoms with van der Waals surface area (Å²) in [7, 11) is 0. The van der Waals surface area contributed by atoms with Gasteiger partial charge in [0.05, 0.1) is 16.8 Å². The summed E-state index contributed by atoms with van der Waals surface area (Å²) in [5.41, 5.74) is 0.851. The standard InChI is InChI=1S/C18H11F2NO4/c19-12-2-1-9(5-13(12)20)14-6-11(18(22)23)10-7-16-17(8-15(10)21-14)25-4-3-24-16/h1-2,5-8H,3-4H2,(H,22,23). The minimum atomic E-state index is -1.16. The Morgan fingerprint density at radius 3 is 2.40 bits per heavy atom. The molecule has 1 aromatic heterocycles. The molecule has 7 heteroatoms. The highest BCUT2D eigenvalue weighted by Gasteiger charge is 2.19. The number of hydrogen-bond acceptors (Lipinski definition) is 4. The third-order valence-electron chi connectivity index (χ3n) is 3.92. The molecule has 0 amide bonds. The highest BCUT2D eigenvalue weighted by atomic mass is 19.2. The summed E-state index contributed by atoms with van der Waals surface area (Å²) in [6.45, 7) is 0.758. The maximum atomic E-state index is 13.5. The second kappa shape index (κ2) is 5.70. The molecular formula is C18H11F2NO4. The van der Waals surface area contributed by atoms with Crippen LogP contribution in [-0.4, -0.2) is 29.3 Å². The second-order valence-electron chi connectivity index (χ2n) is 5.50. The fourth-order valence-corrected chi connectivity index (χ4v) is 2.74. The first kappa shape index (κ1) is 15.3. The monoisotopic (exact) mass is 343 g/mol. The molecule has 0 aliphatic carbocycles. The van der Waals surface area contributed by atoms with Crippen LogP contribution < -0.4 is 9.47 Å². The van der Waals surface area contributed by atoms with Crippen molar-refractivity contribution in [3.8, 4) is 22.8 Å². The van der Waals surface area contributed by atoms with E-state index in [4.69, 9.17) is 9.47 Å². The SMILES string of the molecule is O=C(O)c1cc(-c2ccc(F)c(F)c2)nc2cc3c(cc12)OCCO3. The van der Waals surface area contributed by atoms with Gasteiger partial charge >= 0.3 is 5.97 Å². The number of rotatable bonds is 2. The summed E-state index contributed by atoms with van der Waals surface area (Å²) >= 11 is 0. The molecule has 0 fully saturated rings. The van der Waals surface area contributed by atoms with Crippen molar-refractivity contribution in [2.24, 2.45) is 0 Å². The van der Waals surface area contributed by atoms with Crippen LogP contribution in [0.1, 0.15) is 10.4 Å². The van der Waals surface area contributed by atoms with Crippen LogP contribution in [0.15, 0.2) is 36.4 Å². The minimum Gasteiger partial charge on any atom is -0.486 e. The molecule has 0 unspecified atom stereocenters. The lowest BCUT2D eigenvalue weighted by Gasteiger charge is -2.19. The van der Waals surface area contributed by atoms with Gasteiger partial charge in [0, 0.05) is 17.0 Å². The zero-order valence-corrected chi connectivity index (χ0v) is 12.8. The average molecular weight is 343 g/mol. The first-order chi connectivity index (χ1) is 12.0. The van der Waals surface area contributed by atoms with Crippen molar-refractivity contribution in [3.05, 3.63) is 53.6 Å². The van der Waals surface area contributed by atoms with Crippen LogP contribution in [0.2, 0.25) is 0 Å². The molecule has 2 heterocycles. The maximum absolute atomic E-state index is 13.5. The Balaban J connectivity index is 1.97. The lowest BCUT2D eigenvalue weighted by Crippen LogP contribution is -2.15. The van der Waals surface area contributed by atoms with Gasteiger partial charge in [-0.1, -0.05) is 0 Å². The number of aromatic carboxylic acids is 1. The van der Waals surface area contributed by atoms with Crippen LogP contribution in [0.25, 0.3) is 22.2 Å². The van der Waals surface area contributed by atoms with E-state index in [9.17, 15) is 18.7 Å². The molecule has 2 aromatic carbocycles. The van der Waals surface area contributed by atoms with Crippen molar-refractivity contribution in [2.45, 2.75) is 0 Å². The quantitative estimate of drug-likeness (QED) is 0.769. The van der Waals surface area contributed by atoms with Gasteiger partial charge in [0.25, 0.3) is 0 Å². The van der Waals surface area contributed by atoms with E-state index in [1.807, 2.05) is 0 Å². The number of hydrogen-bond donors (Lipinski definition) is 1. The minimum absolute atomic E-state index is 0.0123. The number of carboxylic acid groups (broad SMARTS) is 1. The Morgan fingerprint density at radius 1 is 1.00 bits per heavy atom. The predicted octanol–water partition coefficient (Wildman–Crippen LogP) is 3.65. The topological polar surface area (TPSA) is 68.7 Å². The van der Waals surface area contributed by atoms with Crippen molar-refractivity contribution in [1.82, 2.24) is 4.98 Å². The molecule has 1 aliphatic heterocycles. The number of ether oxygens (including phenoxy) is 2. The van der Waals surface area contributed by atoms with E-state index < -0.39 is 17.6 Å². The predicted molar refractivity (Wildman–Crippen MR) is 85.0 cm³/mol. The van der Waals surface area contributed by atoms with E-state index in [-0.39, 0.29) is 16.8 Å². The molecule has 0 spiro atoms. The summed E-state index contributed by atoms with van der Waals surface area (Å²) in [5, 5.41) is 9.90. The van der Waals surface area contributed by atoms with Crippen molar-refractivity contribution in [2.75, 3.05) is 13.2 Å². The molecule has 3 aromatic rings. The highest BCUT2D eigenvalue weighted by molar-refractivity contribution is 6.04. The number of halogens is 2. The van der Waals surface area contributed by atoms with Crippen LogP contribution in [0, 0.1) is 11.6 Å². The van der Waals surface area contributed by atoms with Crippen molar-refractivity contribution in [1.29, 1.82) is 0 Å². The number of nitrogens with zero attached hydrogens (tertiary/aromatic N) is 1. The summed E-state index contributed by atoms with van der Waals surface area (Å²) in [4.78, 5) is 16.0. The Labute approximate surface area is 140 Å². The van der Waals surface area contributed by atoms with Crippen LogP contribution >= 0.6 is 0 Å². The Hall–Kier alpha value is -3.22. The molecular weight excluding hydrogens is 332 g/mol.